The number of aliphatic imine (C=N–C) groups is 1. The van der Waals surface area contributed by atoms with Crippen molar-refractivity contribution in [1.29, 1.82) is 0 Å². The van der Waals surface area contributed by atoms with E-state index in [1.54, 1.807) is 12.1 Å². The number of aromatic nitrogens is 2. The number of carbonyl (C=O) groups excluding carboxylic acids is 1. The fraction of sp³-hybridized carbons (Fsp3) is 0.217. The van der Waals surface area contributed by atoms with Gasteiger partial charge in [0.05, 0.1) is 10.5 Å². The van der Waals surface area contributed by atoms with Gasteiger partial charge in [-0.25, -0.2) is 18.4 Å². The molecule has 1 aliphatic heterocycles. The molecule has 0 saturated heterocycles. The zero-order valence-corrected chi connectivity index (χ0v) is 18.2. The van der Waals surface area contributed by atoms with Gasteiger partial charge in [-0.3, -0.25) is 14.5 Å². The van der Waals surface area contributed by atoms with Crippen molar-refractivity contribution in [2.24, 2.45) is 4.99 Å². The first-order valence-electron chi connectivity index (χ1n) is 10.4. The molecule has 32 heavy (non-hydrogen) atoms. The van der Waals surface area contributed by atoms with Gasteiger partial charge in [-0.2, -0.15) is 0 Å². The monoisotopic (exact) mass is 449 g/mol. The van der Waals surface area contributed by atoms with Crippen LogP contribution in [0.2, 0.25) is 0 Å². The number of rotatable bonds is 5. The molecule has 0 bridgehead atoms. The Morgan fingerprint density at radius 2 is 1.69 bits per heavy atom. The summed E-state index contributed by atoms with van der Waals surface area (Å²) in [5, 5.41) is 2.70. The number of hydrogen-bond donors (Lipinski definition) is 2. The lowest BCUT2D eigenvalue weighted by Crippen LogP contribution is -2.30. The number of amides is 1. The summed E-state index contributed by atoms with van der Waals surface area (Å²) in [6.45, 7) is 0.624. The van der Waals surface area contributed by atoms with E-state index >= 15 is 0 Å². The van der Waals surface area contributed by atoms with Crippen molar-refractivity contribution in [2.45, 2.75) is 30.6 Å². The highest BCUT2D eigenvalue weighted by Crippen LogP contribution is 2.18. The number of nitrogens with one attached hydrogen (secondary N) is 2. The summed E-state index contributed by atoms with van der Waals surface area (Å²) in [4.78, 5) is 25.5. The van der Waals surface area contributed by atoms with Gasteiger partial charge in [-0.05, 0) is 31.0 Å². The van der Waals surface area contributed by atoms with Crippen LogP contribution in [-0.4, -0.2) is 36.7 Å². The van der Waals surface area contributed by atoms with Crippen LogP contribution in [0, 0.1) is 0 Å². The van der Waals surface area contributed by atoms with Gasteiger partial charge in [0, 0.05) is 36.6 Å². The lowest BCUT2D eigenvalue weighted by Gasteiger charge is -2.11. The molecule has 1 aliphatic rings. The van der Waals surface area contributed by atoms with Gasteiger partial charge in [0.2, 0.25) is 0 Å². The Bertz CT molecular complexity index is 1230. The Balaban J connectivity index is 1.46. The Morgan fingerprint density at radius 3 is 2.47 bits per heavy atom. The van der Waals surface area contributed by atoms with E-state index in [0.717, 1.165) is 24.8 Å². The Labute approximate surface area is 186 Å². The van der Waals surface area contributed by atoms with E-state index in [-0.39, 0.29) is 10.5 Å². The van der Waals surface area contributed by atoms with Crippen LogP contribution >= 0.6 is 0 Å². The second kappa shape index (κ2) is 9.69. The molecule has 4 rings (SSSR count). The Kier molecular flexibility index (Phi) is 6.55. The molecule has 0 fully saturated rings. The number of amidine groups is 1. The van der Waals surface area contributed by atoms with Gasteiger partial charge in [0.15, 0.2) is 5.82 Å². The first-order chi connectivity index (χ1) is 15.5. The number of hydrogen-bond acceptors (Lipinski definition) is 6. The number of sulfonamides is 1. The van der Waals surface area contributed by atoms with Crippen LogP contribution in [0.1, 0.15) is 36.0 Å². The van der Waals surface area contributed by atoms with Crippen LogP contribution in [0.5, 0.6) is 0 Å². The highest BCUT2D eigenvalue weighted by Gasteiger charge is 2.18. The molecule has 0 aliphatic carbocycles. The predicted octanol–water partition coefficient (Wildman–Crippen LogP) is 3.65. The zero-order chi connectivity index (χ0) is 22.4. The third-order valence-electron chi connectivity index (χ3n) is 4.97. The van der Waals surface area contributed by atoms with Crippen LogP contribution in [0.15, 0.2) is 76.9 Å². The van der Waals surface area contributed by atoms with Gasteiger partial charge in [0.1, 0.15) is 5.84 Å². The molecule has 0 unspecified atom stereocenters. The zero-order valence-electron chi connectivity index (χ0n) is 17.4. The minimum atomic E-state index is -3.79. The first kappa shape index (κ1) is 21.6. The summed E-state index contributed by atoms with van der Waals surface area (Å²) in [7, 11) is -3.79. The van der Waals surface area contributed by atoms with Gasteiger partial charge in [0.25, 0.3) is 15.9 Å². The third-order valence-corrected chi connectivity index (χ3v) is 6.35. The standard InChI is InChI=1S/C23H23N5O3S/c29-23(18-15-25-22(26-16-18)17-8-3-1-4-9-17)27-19-10-7-11-20(14-19)32(30,31)28-21-12-5-2-6-13-24-21/h1,3-4,7-11,14-16H,2,5-6,12-13H2,(H,24,28)(H,27,29). The van der Waals surface area contributed by atoms with Crippen LogP contribution in [0.4, 0.5) is 5.69 Å². The van der Waals surface area contributed by atoms with Crippen molar-refractivity contribution in [1.82, 2.24) is 14.7 Å². The van der Waals surface area contributed by atoms with Gasteiger partial charge < -0.3 is 5.32 Å². The predicted molar refractivity (Wildman–Crippen MR) is 123 cm³/mol. The lowest BCUT2D eigenvalue weighted by molar-refractivity contribution is 0.102. The first-order valence-corrected chi connectivity index (χ1v) is 11.8. The van der Waals surface area contributed by atoms with Crippen LogP contribution < -0.4 is 10.0 Å². The normalized spacial score (nSPS) is 14.2. The molecule has 1 amide bonds. The van der Waals surface area contributed by atoms with E-state index in [1.165, 1.54) is 24.5 Å². The Morgan fingerprint density at radius 1 is 0.906 bits per heavy atom. The molecular formula is C23H23N5O3S. The molecule has 0 radical (unpaired) electrons. The number of carbonyl (C=O) groups is 1. The summed E-state index contributed by atoms with van der Waals surface area (Å²) >= 11 is 0. The van der Waals surface area contributed by atoms with Crippen molar-refractivity contribution >= 4 is 27.5 Å². The van der Waals surface area contributed by atoms with E-state index in [4.69, 9.17) is 0 Å². The van der Waals surface area contributed by atoms with Gasteiger partial charge >= 0.3 is 0 Å². The molecule has 9 heteroatoms. The lowest BCUT2D eigenvalue weighted by atomic mass is 10.2. The molecule has 0 spiro atoms. The van der Waals surface area contributed by atoms with Gasteiger partial charge in [-0.15, -0.1) is 0 Å². The van der Waals surface area contributed by atoms with Crippen molar-refractivity contribution in [3.63, 3.8) is 0 Å². The molecular weight excluding hydrogens is 426 g/mol. The second-order valence-electron chi connectivity index (χ2n) is 7.39. The molecule has 2 heterocycles. The van der Waals surface area contributed by atoms with Crippen molar-refractivity contribution in [3.8, 4) is 11.4 Å². The minimum Gasteiger partial charge on any atom is -0.322 e. The quantitative estimate of drug-likeness (QED) is 0.617. The smallest absolute Gasteiger partial charge is 0.262 e. The van der Waals surface area contributed by atoms with E-state index in [0.29, 0.717) is 30.3 Å². The highest BCUT2D eigenvalue weighted by molar-refractivity contribution is 7.90. The Hall–Kier alpha value is -3.59. The molecule has 2 N–H and O–H groups in total. The minimum absolute atomic E-state index is 0.0536. The number of nitrogens with zero attached hydrogens (tertiary/aromatic N) is 3. The molecule has 0 atom stereocenters. The summed E-state index contributed by atoms with van der Waals surface area (Å²) in [5.74, 6) is 0.565. The van der Waals surface area contributed by atoms with Crippen molar-refractivity contribution in [2.75, 3.05) is 11.9 Å². The van der Waals surface area contributed by atoms with E-state index < -0.39 is 15.9 Å². The molecule has 164 valence electrons. The van der Waals surface area contributed by atoms with E-state index in [9.17, 15) is 13.2 Å². The van der Waals surface area contributed by atoms with Crippen LogP contribution in [0.3, 0.4) is 0 Å². The molecule has 3 aromatic rings. The molecule has 8 nitrogen and oxygen atoms in total. The van der Waals surface area contributed by atoms with E-state index in [1.807, 2.05) is 30.3 Å². The average molecular weight is 450 g/mol. The fourth-order valence-electron chi connectivity index (χ4n) is 3.30. The number of benzene rings is 2. The summed E-state index contributed by atoms with van der Waals surface area (Å²) < 4.78 is 28.1. The molecule has 2 aromatic carbocycles. The maximum Gasteiger partial charge on any atom is 0.262 e. The fourth-order valence-corrected chi connectivity index (χ4v) is 4.43. The van der Waals surface area contributed by atoms with Crippen LogP contribution in [-0.2, 0) is 10.0 Å². The molecule has 0 saturated carbocycles. The topological polar surface area (TPSA) is 113 Å². The maximum absolute atomic E-state index is 12.8. The van der Waals surface area contributed by atoms with Crippen molar-refractivity contribution < 1.29 is 13.2 Å². The third kappa shape index (κ3) is 5.36. The summed E-state index contributed by atoms with van der Waals surface area (Å²) in [5.41, 5.74) is 1.47. The number of anilines is 1. The largest absolute Gasteiger partial charge is 0.322 e. The highest BCUT2D eigenvalue weighted by atomic mass is 32.2. The van der Waals surface area contributed by atoms with Crippen LogP contribution in [0.25, 0.3) is 11.4 Å². The molecule has 1 aromatic heterocycles. The SMILES string of the molecule is O=C(Nc1cccc(S(=O)(=O)NC2=NCCCCC2)c1)c1cnc(-c2ccccc2)nc1. The van der Waals surface area contributed by atoms with Crippen molar-refractivity contribution in [3.05, 3.63) is 72.6 Å². The average Bonchev–Trinajstić information content (AvgIpc) is 3.08. The summed E-state index contributed by atoms with van der Waals surface area (Å²) in [6.07, 6.45) is 6.39. The van der Waals surface area contributed by atoms with Gasteiger partial charge in [-0.1, -0.05) is 42.8 Å². The second-order valence-corrected chi connectivity index (χ2v) is 9.07. The summed E-state index contributed by atoms with van der Waals surface area (Å²) in [6, 6.07) is 15.5. The van der Waals surface area contributed by atoms with E-state index in [2.05, 4.69) is 25.0 Å². The maximum atomic E-state index is 12.8.